The molecule has 0 spiro atoms. The third kappa shape index (κ3) is 5.24. The third-order valence-corrected chi connectivity index (χ3v) is 5.52. The van der Waals surface area contributed by atoms with Crippen LogP contribution in [0.25, 0.3) is 0 Å². The number of hydrogen-bond acceptors (Lipinski definition) is 6. The lowest BCUT2D eigenvalue weighted by atomic mass is 10.1. The van der Waals surface area contributed by atoms with Gasteiger partial charge in [0.1, 0.15) is 0 Å². The van der Waals surface area contributed by atoms with Crippen molar-refractivity contribution in [2.45, 2.75) is 18.7 Å². The molecule has 1 amide bonds. The molecule has 27 heavy (non-hydrogen) atoms. The zero-order valence-corrected chi connectivity index (χ0v) is 15.7. The molecule has 0 fully saturated rings. The molecule has 0 aliphatic heterocycles. The molecule has 0 unspecified atom stereocenters. The Labute approximate surface area is 157 Å². The van der Waals surface area contributed by atoms with Gasteiger partial charge < -0.3 is 10.1 Å². The number of ether oxygens (including phenoxy) is 1. The fraction of sp³-hybridized carbons (Fsp3) is 0.211. The maximum atomic E-state index is 12.2. The van der Waals surface area contributed by atoms with E-state index in [0.29, 0.717) is 11.3 Å². The highest BCUT2D eigenvalue weighted by Gasteiger charge is 2.22. The van der Waals surface area contributed by atoms with E-state index in [1.54, 1.807) is 24.3 Å². The van der Waals surface area contributed by atoms with Crippen LogP contribution in [0.15, 0.2) is 53.4 Å². The molecule has 7 nitrogen and oxygen atoms in total. The second-order valence-corrected chi connectivity index (χ2v) is 7.90. The summed E-state index contributed by atoms with van der Waals surface area (Å²) in [5.41, 5.74) is 0.834. The molecule has 0 aliphatic carbocycles. The summed E-state index contributed by atoms with van der Waals surface area (Å²) in [5, 5.41) is 2.53. The molecule has 0 heterocycles. The lowest BCUT2D eigenvalue weighted by molar-refractivity contribution is -0.119. The highest BCUT2D eigenvalue weighted by atomic mass is 32.2. The summed E-state index contributed by atoms with van der Waals surface area (Å²) in [6, 6.07) is 11.9. The van der Waals surface area contributed by atoms with E-state index in [1.807, 2.05) is 0 Å². The van der Waals surface area contributed by atoms with E-state index in [0.717, 1.165) is 0 Å². The van der Waals surface area contributed by atoms with Gasteiger partial charge in [-0.25, -0.2) is 13.2 Å². The molecule has 0 saturated carbocycles. The number of carbonyl (C=O) groups excluding carboxylic acids is 3. The molecule has 1 N–H and O–H groups in total. The van der Waals surface area contributed by atoms with Crippen molar-refractivity contribution in [1.29, 1.82) is 0 Å². The number of anilines is 1. The third-order valence-electron chi connectivity index (χ3n) is 3.73. The second kappa shape index (κ2) is 8.59. The van der Waals surface area contributed by atoms with E-state index in [9.17, 15) is 22.8 Å². The van der Waals surface area contributed by atoms with E-state index in [4.69, 9.17) is 4.74 Å². The lowest BCUT2D eigenvalue weighted by Gasteiger charge is -2.10. The van der Waals surface area contributed by atoms with Crippen molar-refractivity contribution in [2.75, 3.05) is 17.7 Å². The Morgan fingerprint density at radius 1 is 1.00 bits per heavy atom. The Hall–Kier alpha value is -3.00. The van der Waals surface area contributed by atoms with Crippen LogP contribution in [0.3, 0.4) is 0 Å². The number of rotatable bonds is 7. The van der Waals surface area contributed by atoms with Crippen molar-refractivity contribution in [3.05, 3.63) is 59.7 Å². The van der Waals surface area contributed by atoms with Gasteiger partial charge in [-0.05, 0) is 43.3 Å². The largest absolute Gasteiger partial charge is 0.452 e. The zero-order chi connectivity index (χ0) is 20.0. The first kappa shape index (κ1) is 20.3. The molecule has 2 rings (SSSR count). The van der Waals surface area contributed by atoms with Crippen LogP contribution < -0.4 is 5.32 Å². The summed E-state index contributed by atoms with van der Waals surface area (Å²) < 4.78 is 29.1. The van der Waals surface area contributed by atoms with Crippen molar-refractivity contribution < 1.29 is 27.5 Å². The highest BCUT2D eigenvalue weighted by Crippen LogP contribution is 2.18. The van der Waals surface area contributed by atoms with Gasteiger partial charge in [-0.3, -0.25) is 9.59 Å². The van der Waals surface area contributed by atoms with Gasteiger partial charge in [0.05, 0.1) is 16.2 Å². The van der Waals surface area contributed by atoms with Crippen molar-refractivity contribution in [2.24, 2.45) is 0 Å². The molecule has 0 saturated heterocycles. The van der Waals surface area contributed by atoms with Crippen LogP contribution in [0.5, 0.6) is 0 Å². The Morgan fingerprint density at radius 2 is 1.63 bits per heavy atom. The van der Waals surface area contributed by atoms with Crippen molar-refractivity contribution >= 4 is 33.2 Å². The van der Waals surface area contributed by atoms with Gasteiger partial charge in [0.25, 0.3) is 5.91 Å². The molecular weight excluding hydrogens is 370 g/mol. The molecule has 0 aliphatic rings. The van der Waals surface area contributed by atoms with E-state index in [1.165, 1.54) is 38.1 Å². The number of Topliss-reactive ketones (excluding diaryl/α,β-unsaturated/α-hetero) is 1. The van der Waals surface area contributed by atoms with Crippen LogP contribution in [0.2, 0.25) is 0 Å². The second-order valence-electron chi connectivity index (χ2n) is 5.66. The minimum atomic E-state index is -3.60. The number of nitrogens with one attached hydrogen (secondary N) is 1. The van der Waals surface area contributed by atoms with Gasteiger partial charge in [0.15, 0.2) is 22.2 Å². The first-order valence-corrected chi connectivity index (χ1v) is 9.79. The average Bonchev–Trinajstić information content (AvgIpc) is 2.66. The summed E-state index contributed by atoms with van der Waals surface area (Å²) in [6.45, 7) is 2.33. The Balaban J connectivity index is 2.01. The average molecular weight is 389 g/mol. The number of ketones is 1. The Kier molecular flexibility index (Phi) is 6.46. The van der Waals surface area contributed by atoms with Crippen LogP contribution in [-0.2, 0) is 19.4 Å². The first-order valence-electron chi connectivity index (χ1n) is 8.14. The maximum absolute atomic E-state index is 12.2. The van der Waals surface area contributed by atoms with Crippen molar-refractivity contribution in [3.8, 4) is 0 Å². The predicted octanol–water partition coefficient (Wildman–Crippen LogP) is 2.48. The number of sulfone groups is 1. The summed E-state index contributed by atoms with van der Waals surface area (Å²) in [6.07, 6.45) is 0. The summed E-state index contributed by atoms with van der Waals surface area (Å²) >= 11 is 0. The number of esters is 1. The quantitative estimate of drug-likeness (QED) is 0.576. The van der Waals surface area contributed by atoms with E-state index in [-0.39, 0.29) is 22.0 Å². The standard InChI is InChI=1S/C19H19NO6S/c1-3-27(24,25)17-7-5-4-6-16(17)19(23)26-12-18(22)20-15-10-8-14(9-11-15)13(2)21/h4-11H,3,12H2,1-2H3,(H,20,22). The highest BCUT2D eigenvalue weighted by molar-refractivity contribution is 7.91. The van der Waals surface area contributed by atoms with Crippen LogP contribution in [0, 0.1) is 0 Å². The van der Waals surface area contributed by atoms with Gasteiger partial charge in [-0.1, -0.05) is 19.1 Å². The zero-order valence-electron chi connectivity index (χ0n) is 14.9. The molecule has 0 bridgehead atoms. The van der Waals surface area contributed by atoms with E-state index < -0.39 is 28.3 Å². The van der Waals surface area contributed by atoms with Gasteiger partial charge >= 0.3 is 5.97 Å². The van der Waals surface area contributed by atoms with E-state index >= 15 is 0 Å². The van der Waals surface area contributed by atoms with Gasteiger partial charge in [0.2, 0.25) is 0 Å². The SMILES string of the molecule is CCS(=O)(=O)c1ccccc1C(=O)OCC(=O)Nc1ccc(C(C)=O)cc1. The minimum Gasteiger partial charge on any atom is -0.452 e. The minimum absolute atomic E-state index is 0.0949. The number of benzene rings is 2. The van der Waals surface area contributed by atoms with E-state index in [2.05, 4.69) is 5.32 Å². The van der Waals surface area contributed by atoms with Crippen molar-refractivity contribution in [1.82, 2.24) is 0 Å². The summed E-state index contributed by atoms with van der Waals surface area (Å²) in [7, 11) is -3.60. The number of carbonyl (C=O) groups is 3. The molecule has 0 radical (unpaired) electrons. The fourth-order valence-electron chi connectivity index (χ4n) is 2.26. The predicted molar refractivity (Wildman–Crippen MR) is 99.5 cm³/mol. The van der Waals surface area contributed by atoms with Crippen LogP contribution in [0.1, 0.15) is 34.6 Å². The van der Waals surface area contributed by atoms with Crippen LogP contribution in [0.4, 0.5) is 5.69 Å². The van der Waals surface area contributed by atoms with Crippen LogP contribution in [-0.4, -0.2) is 38.4 Å². The smallest absolute Gasteiger partial charge is 0.339 e. The van der Waals surface area contributed by atoms with Crippen molar-refractivity contribution in [3.63, 3.8) is 0 Å². The molecule has 2 aromatic rings. The molecule has 0 atom stereocenters. The van der Waals surface area contributed by atoms with Gasteiger partial charge in [-0.2, -0.15) is 0 Å². The van der Waals surface area contributed by atoms with Gasteiger partial charge in [-0.15, -0.1) is 0 Å². The summed E-state index contributed by atoms with van der Waals surface area (Å²) in [5.74, 6) is -1.74. The number of amides is 1. The molecule has 8 heteroatoms. The fourth-order valence-corrected chi connectivity index (χ4v) is 3.34. The molecule has 2 aromatic carbocycles. The maximum Gasteiger partial charge on any atom is 0.339 e. The van der Waals surface area contributed by atoms with Crippen LogP contribution >= 0.6 is 0 Å². The topological polar surface area (TPSA) is 107 Å². The molecular formula is C19H19NO6S. The lowest BCUT2D eigenvalue weighted by Crippen LogP contribution is -2.22. The van der Waals surface area contributed by atoms with Gasteiger partial charge in [0, 0.05) is 11.3 Å². The molecule has 142 valence electrons. The Bertz CT molecular complexity index is 964. The monoisotopic (exact) mass is 389 g/mol. The normalized spacial score (nSPS) is 10.9. The first-order chi connectivity index (χ1) is 12.7. The Morgan fingerprint density at radius 3 is 2.22 bits per heavy atom. The molecule has 0 aromatic heterocycles. The summed E-state index contributed by atoms with van der Waals surface area (Å²) in [4.78, 5) is 35.2. The number of hydrogen-bond donors (Lipinski definition) is 1.